The van der Waals surface area contributed by atoms with Crippen LogP contribution in [0, 0.1) is 0 Å². The Balaban J connectivity index is 1.96. The molecule has 2 amide bonds. The highest BCUT2D eigenvalue weighted by Gasteiger charge is 2.16. The second kappa shape index (κ2) is 7.17. The van der Waals surface area contributed by atoms with E-state index in [1.165, 1.54) is 0 Å². The number of fused-ring (bicyclic) bond motifs is 1. The highest BCUT2D eigenvalue weighted by atomic mass is 16.6. The Morgan fingerprint density at radius 2 is 2.00 bits per heavy atom. The van der Waals surface area contributed by atoms with Crippen LogP contribution in [0.1, 0.15) is 31.9 Å². The Hall–Kier alpha value is -1.95. The molecule has 6 nitrogen and oxygen atoms in total. The van der Waals surface area contributed by atoms with E-state index in [9.17, 15) is 4.79 Å². The first-order valence-electron chi connectivity index (χ1n) is 7.21. The van der Waals surface area contributed by atoms with Gasteiger partial charge in [-0.15, -0.1) is 0 Å². The van der Waals surface area contributed by atoms with Crippen molar-refractivity contribution in [1.29, 1.82) is 0 Å². The first kappa shape index (κ1) is 15.4. The van der Waals surface area contributed by atoms with Crippen molar-refractivity contribution in [2.24, 2.45) is 0 Å². The first-order valence-corrected chi connectivity index (χ1v) is 7.21. The summed E-state index contributed by atoms with van der Waals surface area (Å²) in [6.07, 6.45) is 0.683. The van der Waals surface area contributed by atoms with Crippen LogP contribution in [-0.4, -0.2) is 37.0 Å². The lowest BCUT2D eigenvalue weighted by Crippen LogP contribution is -2.44. The van der Waals surface area contributed by atoms with Crippen LogP contribution >= 0.6 is 0 Å². The molecule has 0 fully saturated rings. The molecule has 116 valence electrons. The number of carbonyl (C=O) groups excluding carboxylic acids is 1. The SMILES string of the molecule is CC[C@@H](CO)NC(=O)N[C@H](C)c1ccc2c(c1)OCCO2. The standard InChI is InChI=1S/C15H22N2O4/c1-3-12(9-18)17-15(19)16-10(2)11-4-5-13-14(8-11)21-7-6-20-13/h4-5,8,10,12,18H,3,6-7,9H2,1-2H3,(H2,16,17,19)/t10-,12+/m1/s1. The van der Waals surface area contributed by atoms with Crippen molar-refractivity contribution in [3.05, 3.63) is 23.8 Å². The van der Waals surface area contributed by atoms with Crippen LogP contribution < -0.4 is 20.1 Å². The molecule has 0 unspecified atom stereocenters. The third-order valence-corrected chi connectivity index (χ3v) is 3.46. The molecule has 0 aromatic heterocycles. The predicted octanol–water partition coefficient (Wildman–Crippen LogP) is 1.59. The fraction of sp³-hybridized carbons (Fsp3) is 0.533. The first-order chi connectivity index (χ1) is 10.1. The van der Waals surface area contributed by atoms with Gasteiger partial charge < -0.3 is 25.2 Å². The van der Waals surface area contributed by atoms with Crippen LogP contribution in [0.25, 0.3) is 0 Å². The second-order valence-electron chi connectivity index (χ2n) is 5.03. The highest BCUT2D eigenvalue weighted by molar-refractivity contribution is 5.74. The van der Waals surface area contributed by atoms with Gasteiger partial charge in [-0.25, -0.2) is 4.79 Å². The molecule has 3 N–H and O–H groups in total. The minimum absolute atomic E-state index is 0.0671. The summed E-state index contributed by atoms with van der Waals surface area (Å²) in [4.78, 5) is 11.9. The minimum Gasteiger partial charge on any atom is -0.486 e. The third-order valence-electron chi connectivity index (χ3n) is 3.46. The zero-order chi connectivity index (χ0) is 15.2. The van der Waals surface area contributed by atoms with Gasteiger partial charge in [-0.1, -0.05) is 13.0 Å². The molecule has 2 rings (SSSR count). The number of nitrogens with one attached hydrogen (secondary N) is 2. The van der Waals surface area contributed by atoms with Crippen molar-refractivity contribution in [2.75, 3.05) is 19.8 Å². The summed E-state index contributed by atoms with van der Waals surface area (Å²) in [6.45, 7) is 4.83. The molecule has 0 saturated heterocycles. The van der Waals surface area contributed by atoms with E-state index in [0.29, 0.717) is 25.4 Å². The Labute approximate surface area is 124 Å². The number of aliphatic hydroxyl groups excluding tert-OH is 1. The molecule has 1 aromatic carbocycles. The minimum atomic E-state index is -0.293. The molecule has 0 saturated carbocycles. The molecule has 6 heteroatoms. The van der Waals surface area contributed by atoms with Gasteiger partial charge in [0.15, 0.2) is 11.5 Å². The number of amides is 2. The highest BCUT2D eigenvalue weighted by Crippen LogP contribution is 2.32. The summed E-state index contributed by atoms with van der Waals surface area (Å²) in [7, 11) is 0. The molecule has 0 spiro atoms. The van der Waals surface area contributed by atoms with E-state index in [-0.39, 0.29) is 24.7 Å². The summed E-state index contributed by atoms with van der Waals surface area (Å²) in [5.41, 5.74) is 0.937. The van der Waals surface area contributed by atoms with Gasteiger partial charge in [0.25, 0.3) is 0 Å². The normalized spacial score (nSPS) is 16.0. The lowest BCUT2D eigenvalue weighted by Gasteiger charge is -2.22. The van der Waals surface area contributed by atoms with Crippen molar-refractivity contribution in [1.82, 2.24) is 10.6 Å². The van der Waals surface area contributed by atoms with Crippen molar-refractivity contribution in [3.8, 4) is 11.5 Å². The summed E-state index contributed by atoms with van der Waals surface area (Å²) < 4.78 is 11.0. The maximum Gasteiger partial charge on any atom is 0.315 e. The van der Waals surface area contributed by atoms with Gasteiger partial charge in [-0.3, -0.25) is 0 Å². The van der Waals surface area contributed by atoms with E-state index in [2.05, 4.69) is 10.6 Å². The van der Waals surface area contributed by atoms with Crippen molar-refractivity contribution in [3.63, 3.8) is 0 Å². The van der Waals surface area contributed by atoms with E-state index < -0.39 is 0 Å². The number of hydrogen-bond acceptors (Lipinski definition) is 4. The zero-order valence-electron chi connectivity index (χ0n) is 12.4. The van der Waals surface area contributed by atoms with Gasteiger partial charge in [0, 0.05) is 0 Å². The maximum atomic E-state index is 11.9. The molecular formula is C15H22N2O4. The van der Waals surface area contributed by atoms with E-state index in [0.717, 1.165) is 11.3 Å². The average molecular weight is 294 g/mol. The van der Waals surface area contributed by atoms with E-state index >= 15 is 0 Å². The molecule has 21 heavy (non-hydrogen) atoms. The Kier molecular flexibility index (Phi) is 5.27. The topological polar surface area (TPSA) is 79.8 Å². The van der Waals surface area contributed by atoms with Gasteiger partial charge in [-0.2, -0.15) is 0 Å². The van der Waals surface area contributed by atoms with Gasteiger partial charge in [0.2, 0.25) is 0 Å². The number of rotatable bonds is 5. The summed E-state index contributed by atoms with van der Waals surface area (Å²) >= 11 is 0. The monoisotopic (exact) mass is 294 g/mol. The number of aliphatic hydroxyl groups is 1. The smallest absolute Gasteiger partial charge is 0.315 e. The third kappa shape index (κ3) is 4.01. The number of ether oxygens (including phenoxy) is 2. The Bertz CT molecular complexity index is 489. The Morgan fingerprint density at radius 3 is 2.67 bits per heavy atom. The molecule has 1 aromatic rings. The fourth-order valence-electron chi connectivity index (χ4n) is 2.11. The van der Waals surface area contributed by atoms with Gasteiger partial charge >= 0.3 is 6.03 Å². The lowest BCUT2D eigenvalue weighted by atomic mass is 10.1. The number of benzene rings is 1. The predicted molar refractivity (Wildman–Crippen MR) is 78.7 cm³/mol. The van der Waals surface area contributed by atoms with Crippen molar-refractivity contribution >= 4 is 6.03 Å². The Morgan fingerprint density at radius 1 is 1.29 bits per heavy atom. The summed E-state index contributed by atoms with van der Waals surface area (Å²) in [6, 6.07) is 4.94. The van der Waals surface area contributed by atoms with E-state index in [4.69, 9.17) is 14.6 Å². The molecular weight excluding hydrogens is 272 g/mol. The quantitative estimate of drug-likeness (QED) is 0.770. The second-order valence-corrected chi connectivity index (χ2v) is 5.03. The average Bonchev–Trinajstić information content (AvgIpc) is 2.52. The largest absolute Gasteiger partial charge is 0.486 e. The number of carbonyl (C=O) groups is 1. The maximum absolute atomic E-state index is 11.9. The molecule has 1 aliphatic rings. The lowest BCUT2D eigenvalue weighted by molar-refractivity contribution is 0.171. The molecule has 0 aliphatic carbocycles. The summed E-state index contributed by atoms with van der Waals surface area (Å²) in [5.74, 6) is 1.43. The van der Waals surface area contributed by atoms with Crippen molar-refractivity contribution in [2.45, 2.75) is 32.4 Å². The molecule has 1 aliphatic heterocycles. The zero-order valence-corrected chi connectivity index (χ0v) is 12.4. The van der Waals surface area contributed by atoms with Crippen molar-refractivity contribution < 1.29 is 19.4 Å². The molecule has 0 radical (unpaired) electrons. The van der Waals surface area contributed by atoms with Gasteiger partial charge in [-0.05, 0) is 31.0 Å². The molecule has 1 heterocycles. The fourth-order valence-corrected chi connectivity index (χ4v) is 2.11. The van der Waals surface area contributed by atoms with E-state index in [1.807, 2.05) is 32.0 Å². The molecule has 2 atom stereocenters. The van der Waals surface area contributed by atoms with Gasteiger partial charge in [0.05, 0.1) is 18.7 Å². The van der Waals surface area contributed by atoms with E-state index in [1.54, 1.807) is 0 Å². The van der Waals surface area contributed by atoms with Crippen LogP contribution in [0.5, 0.6) is 11.5 Å². The van der Waals surface area contributed by atoms with Crippen LogP contribution in [0.4, 0.5) is 4.79 Å². The van der Waals surface area contributed by atoms with Crippen LogP contribution in [0.2, 0.25) is 0 Å². The van der Waals surface area contributed by atoms with Crippen LogP contribution in [0.15, 0.2) is 18.2 Å². The number of hydrogen-bond donors (Lipinski definition) is 3. The summed E-state index contributed by atoms with van der Waals surface area (Å²) in [5, 5.41) is 14.7. The number of urea groups is 1. The molecule has 0 bridgehead atoms. The van der Waals surface area contributed by atoms with Gasteiger partial charge in [0.1, 0.15) is 13.2 Å². The van der Waals surface area contributed by atoms with Crippen LogP contribution in [-0.2, 0) is 0 Å². The van der Waals surface area contributed by atoms with Crippen LogP contribution in [0.3, 0.4) is 0 Å².